The van der Waals surface area contributed by atoms with E-state index in [9.17, 15) is 14.7 Å². The Balaban J connectivity index is 3.00. The largest absolute Gasteiger partial charge is 0.548 e. The molecule has 0 aliphatic carbocycles. The first-order chi connectivity index (χ1) is 13.8. The van der Waals surface area contributed by atoms with Crippen LogP contribution >= 0.6 is 0 Å². The number of carbonyl (C=O) groups is 2. The SMILES string of the molecule is [2H]C([2H])(C[C@H](N)C(=O)[O-])C([2H])([2H])Cn1cc[n+](C([2H])([2H])C([2H])([2H])CC[C@H](N)C(=O)O)c1. The van der Waals surface area contributed by atoms with Gasteiger partial charge in [-0.1, -0.05) is 0 Å². The molecule has 0 saturated carbocycles. The van der Waals surface area contributed by atoms with E-state index in [4.69, 9.17) is 27.5 Å². The van der Waals surface area contributed by atoms with Crippen molar-refractivity contribution in [3.05, 3.63) is 18.7 Å². The van der Waals surface area contributed by atoms with E-state index in [1.165, 1.54) is 6.20 Å². The maximum absolute atomic E-state index is 10.8. The van der Waals surface area contributed by atoms with Crippen LogP contribution in [0.1, 0.15) is 49.3 Å². The highest BCUT2D eigenvalue weighted by atomic mass is 16.4. The van der Waals surface area contributed by atoms with Crippen LogP contribution in [0.15, 0.2) is 18.7 Å². The summed E-state index contributed by atoms with van der Waals surface area (Å²) in [6.45, 7) is -3.31. The van der Waals surface area contributed by atoms with Gasteiger partial charge in [-0.05, 0) is 38.4 Å². The van der Waals surface area contributed by atoms with E-state index in [1.54, 1.807) is 0 Å². The number of imidazole rings is 1. The Kier molecular flexibility index (Phi) is 4.35. The lowest BCUT2D eigenvalue weighted by molar-refractivity contribution is -0.696. The second-order valence-corrected chi connectivity index (χ2v) is 4.75. The van der Waals surface area contributed by atoms with Gasteiger partial charge in [0.15, 0.2) is 0 Å². The molecule has 130 valence electrons. The van der Waals surface area contributed by atoms with Gasteiger partial charge in [0.1, 0.15) is 18.4 Å². The summed E-state index contributed by atoms with van der Waals surface area (Å²) in [6.07, 6.45) is -6.14. The van der Waals surface area contributed by atoms with Gasteiger partial charge in [0.05, 0.1) is 21.8 Å². The topological polar surface area (TPSA) is 138 Å². The number of nitrogens with two attached hydrogens (primary N) is 2. The smallest absolute Gasteiger partial charge is 0.320 e. The lowest BCUT2D eigenvalue weighted by Gasteiger charge is -2.11. The standard InChI is InChI=1S/C15H26N4O4/c16-12(14(20)21)5-1-3-7-18-9-10-19(11-18)8-4-2-6-13(17)15(22)23/h9-13H,1-8,16-17H2,(H-,20,21,22,23)/t12-,13-/m0/s1/i1D2,3D2,4D2,8D2. The van der Waals surface area contributed by atoms with Gasteiger partial charge >= 0.3 is 5.97 Å². The second-order valence-electron chi connectivity index (χ2n) is 4.75. The van der Waals surface area contributed by atoms with Crippen molar-refractivity contribution in [3.8, 4) is 0 Å². The van der Waals surface area contributed by atoms with Crippen LogP contribution in [0.5, 0.6) is 0 Å². The van der Waals surface area contributed by atoms with Gasteiger partial charge in [-0.3, -0.25) is 4.79 Å². The summed E-state index contributed by atoms with van der Waals surface area (Å²) in [7, 11) is 0. The van der Waals surface area contributed by atoms with Gasteiger partial charge in [-0.25, -0.2) is 9.13 Å². The number of rotatable bonds is 12. The maximum Gasteiger partial charge on any atom is 0.320 e. The molecule has 8 heteroatoms. The van der Waals surface area contributed by atoms with Crippen molar-refractivity contribution in [2.45, 2.75) is 63.5 Å². The molecule has 0 aliphatic heterocycles. The molecule has 1 heterocycles. The molecule has 23 heavy (non-hydrogen) atoms. The molecule has 1 rings (SSSR count). The van der Waals surface area contributed by atoms with Crippen molar-refractivity contribution in [2.75, 3.05) is 0 Å². The Hall–Kier alpha value is -1.93. The molecule has 1 aromatic heterocycles. The number of carboxylic acid groups (broad SMARTS) is 2. The molecule has 0 amide bonds. The zero-order valence-corrected chi connectivity index (χ0v) is 12.4. The first-order valence-corrected chi connectivity index (χ1v) is 6.86. The lowest BCUT2D eigenvalue weighted by Crippen LogP contribution is -2.41. The highest BCUT2D eigenvalue weighted by Gasteiger charge is 2.11. The van der Waals surface area contributed by atoms with Gasteiger partial charge in [0.2, 0.25) is 6.33 Å². The minimum absolute atomic E-state index is 0.315. The molecular weight excluding hydrogens is 300 g/mol. The Labute approximate surface area is 146 Å². The van der Waals surface area contributed by atoms with Crippen LogP contribution in [0.2, 0.25) is 0 Å². The zero-order valence-electron chi connectivity index (χ0n) is 20.4. The third kappa shape index (κ3) is 7.75. The number of hydrogen-bond donors (Lipinski definition) is 3. The number of aryl methyl sites for hydroxylation is 2. The summed E-state index contributed by atoms with van der Waals surface area (Å²) in [5, 5.41) is 19.6. The van der Waals surface area contributed by atoms with Crippen LogP contribution in [0, 0.1) is 0 Å². The highest BCUT2D eigenvalue weighted by molar-refractivity contribution is 5.72. The van der Waals surface area contributed by atoms with Gasteiger partial charge in [0.25, 0.3) is 0 Å². The summed E-state index contributed by atoms with van der Waals surface area (Å²) in [5.41, 5.74) is 10.6. The predicted molar refractivity (Wildman–Crippen MR) is 80.9 cm³/mol. The fourth-order valence-electron chi connectivity index (χ4n) is 1.46. The molecule has 2 atom stereocenters. The van der Waals surface area contributed by atoms with E-state index >= 15 is 0 Å². The summed E-state index contributed by atoms with van der Waals surface area (Å²) < 4.78 is 65.9. The Morgan fingerprint density at radius 2 is 2.00 bits per heavy atom. The number of hydrogen-bond acceptors (Lipinski definition) is 5. The van der Waals surface area contributed by atoms with Crippen LogP contribution in [0.25, 0.3) is 0 Å². The molecule has 0 saturated heterocycles. The van der Waals surface area contributed by atoms with E-state index < -0.39 is 69.0 Å². The van der Waals surface area contributed by atoms with Gasteiger partial charge < -0.3 is 26.5 Å². The van der Waals surface area contributed by atoms with Gasteiger partial charge in [0, 0.05) is 14.3 Å². The molecule has 0 fully saturated rings. The Morgan fingerprint density at radius 3 is 2.65 bits per heavy atom. The van der Waals surface area contributed by atoms with Crippen LogP contribution in [0.3, 0.4) is 0 Å². The van der Waals surface area contributed by atoms with Crippen LogP contribution < -0.4 is 21.1 Å². The molecule has 0 spiro atoms. The predicted octanol–water partition coefficient (Wildman–Crippen LogP) is -1.39. The van der Waals surface area contributed by atoms with E-state index in [2.05, 4.69) is 0 Å². The molecule has 0 aromatic carbocycles. The number of aromatic nitrogens is 2. The Bertz CT molecular complexity index is 802. The summed E-state index contributed by atoms with van der Waals surface area (Å²) in [5.74, 6) is -3.07. The molecule has 0 unspecified atom stereocenters. The van der Waals surface area contributed by atoms with Crippen molar-refractivity contribution in [1.82, 2.24) is 4.57 Å². The lowest BCUT2D eigenvalue weighted by atomic mass is 10.1. The van der Waals surface area contributed by atoms with E-state index in [1.807, 2.05) is 0 Å². The van der Waals surface area contributed by atoms with Crippen molar-refractivity contribution in [3.63, 3.8) is 0 Å². The van der Waals surface area contributed by atoms with Crippen LogP contribution in [-0.2, 0) is 22.6 Å². The normalized spacial score (nSPS) is 21.3. The minimum atomic E-state index is -2.67. The second kappa shape index (κ2) is 9.96. The monoisotopic (exact) mass is 334 g/mol. The van der Waals surface area contributed by atoms with Crippen LogP contribution in [-0.4, -0.2) is 33.7 Å². The zero-order chi connectivity index (χ0) is 24.4. The third-order valence-corrected chi connectivity index (χ3v) is 2.81. The molecule has 5 N–H and O–H groups in total. The van der Waals surface area contributed by atoms with E-state index in [0.717, 1.165) is 21.7 Å². The number of carboxylic acids is 2. The summed E-state index contributed by atoms with van der Waals surface area (Å²) in [6, 6.07) is -3.08. The number of aliphatic carboxylic acids is 2. The van der Waals surface area contributed by atoms with Crippen molar-refractivity contribution >= 4 is 11.9 Å². The Morgan fingerprint density at radius 1 is 1.26 bits per heavy atom. The highest BCUT2D eigenvalue weighted by Crippen LogP contribution is 2.02. The average molecular weight is 334 g/mol. The van der Waals surface area contributed by atoms with Crippen molar-refractivity contribution in [2.24, 2.45) is 11.5 Å². The molecule has 1 aromatic rings. The van der Waals surface area contributed by atoms with E-state index in [0.29, 0.717) is 0 Å². The number of carbonyl (C=O) groups excluding carboxylic acids is 1. The first-order valence-electron chi connectivity index (χ1n) is 10.9. The van der Waals surface area contributed by atoms with Crippen molar-refractivity contribution in [1.29, 1.82) is 0 Å². The minimum Gasteiger partial charge on any atom is -0.548 e. The van der Waals surface area contributed by atoms with Gasteiger partial charge in [-0.15, -0.1) is 0 Å². The molecule has 0 bridgehead atoms. The molecule has 0 aliphatic rings. The fraction of sp³-hybridized carbons (Fsp3) is 0.667. The molecule has 0 radical (unpaired) electrons. The maximum atomic E-state index is 10.8. The molecule has 8 nitrogen and oxygen atoms in total. The van der Waals surface area contributed by atoms with E-state index in [-0.39, 0.29) is 6.42 Å². The van der Waals surface area contributed by atoms with Crippen LogP contribution in [0.4, 0.5) is 0 Å². The first kappa shape index (κ1) is 10.0. The van der Waals surface area contributed by atoms with Crippen molar-refractivity contribution < 1.29 is 35.3 Å². The quantitative estimate of drug-likeness (QED) is 0.402. The number of nitrogens with zero attached hydrogens (tertiary/aromatic N) is 2. The third-order valence-electron chi connectivity index (χ3n) is 2.81. The fourth-order valence-corrected chi connectivity index (χ4v) is 1.46. The molecular formula is C15H26N4O4. The summed E-state index contributed by atoms with van der Waals surface area (Å²) in [4.78, 5) is 21.5. The summed E-state index contributed by atoms with van der Waals surface area (Å²) >= 11 is 0. The van der Waals surface area contributed by atoms with Gasteiger partial charge in [-0.2, -0.15) is 0 Å². The average Bonchev–Trinajstić information content (AvgIpc) is 3.07.